The maximum absolute atomic E-state index is 12.5. The van der Waals surface area contributed by atoms with Gasteiger partial charge in [0.25, 0.3) is 5.91 Å². The Morgan fingerprint density at radius 2 is 2.00 bits per heavy atom. The van der Waals surface area contributed by atoms with Crippen LogP contribution in [0.4, 0.5) is 0 Å². The van der Waals surface area contributed by atoms with Crippen LogP contribution >= 0.6 is 0 Å². The molecule has 0 saturated heterocycles. The first-order valence-electron chi connectivity index (χ1n) is 10.5. The van der Waals surface area contributed by atoms with Crippen LogP contribution in [-0.2, 0) is 9.53 Å². The molecule has 31 heavy (non-hydrogen) atoms. The van der Waals surface area contributed by atoms with Gasteiger partial charge in [0.15, 0.2) is 12.4 Å². The molecule has 1 aromatic heterocycles. The molecule has 0 aliphatic heterocycles. The molecule has 1 heterocycles. The Bertz CT molecular complexity index is 1030. The lowest BCUT2D eigenvalue weighted by atomic mass is 9.70. The Balaban J connectivity index is 1.37. The van der Waals surface area contributed by atoms with Crippen LogP contribution in [0.1, 0.15) is 50.5 Å². The van der Waals surface area contributed by atoms with Gasteiger partial charge in [0.1, 0.15) is 0 Å². The molecule has 0 radical (unpaired) electrons. The Labute approximate surface area is 181 Å². The van der Waals surface area contributed by atoms with E-state index in [1.54, 1.807) is 6.20 Å². The molecule has 8 heteroatoms. The number of rotatable bonds is 6. The molecular weight excluding hydrogens is 396 g/mol. The third-order valence-corrected chi connectivity index (χ3v) is 7.28. The van der Waals surface area contributed by atoms with E-state index in [4.69, 9.17) is 9.47 Å². The average molecular weight is 425 g/mol. The summed E-state index contributed by atoms with van der Waals surface area (Å²) < 4.78 is 11.9. The summed E-state index contributed by atoms with van der Waals surface area (Å²) in [5.41, 5.74) is 4.54. The van der Waals surface area contributed by atoms with E-state index in [0.717, 1.165) is 24.2 Å². The molecular formula is C23H28N4O4. The number of hydrogen-bond donors (Lipinski definition) is 1. The summed E-state index contributed by atoms with van der Waals surface area (Å²) in [7, 11) is 1.45. The van der Waals surface area contributed by atoms with Gasteiger partial charge in [-0.25, -0.2) is 14.9 Å². The van der Waals surface area contributed by atoms with Gasteiger partial charge in [-0.1, -0.05) is 39.0 Å². The number of para-hydroxylation sites is 1. The minimum Gasteiger partial charge on any atom is -0.493 e. The Morgan fingerprint density at radius 1 is 1.26 bits per heavy atom. The quantitative estimate of drug-likeness (QED) is 0.567. The molecule has 2 unspecified atom stereocenters. The minimum absolute atomic E-state index is 0.000734. The monoisotopic (exact) mass is 424 g/mol. The number of aromatic nitrogens is 2. The van der Waals surface area contributed by atoms with E-state index in [2.05, 4.69) is 36.4 Å². The number of nitrogens with zero attached hydrogens (tertiary/aromatic N) is 3. The lowest BCUT2D eigenvalue weighted by Gasteiger charge is -2.34. The third kappa shape index (κ3) is 3.60. The molecule has 0 spiro atoms. The van der Waals surface area contributed by atoms with Crippen molar-refractivity contribution in [2.24, 2.45) is 21.8 Å². The standard InChI is InChI=1S/C23H28N4O4/c1-22(2)15-10-11-23(22,3)18(12-15)24-25-19(28)14-31-21(29)20-17(30-4)13-27(26-20)16-8-6-5-7-9-16/h5-9,13,15H,10-12,14H2,1-4H3,(H,25,28)/b24-18+. The number of hydrazone groups is 1. The smallest absolute Gasteiger partial charge is 0.363 e. The molecule has 2 bridgehead atoms. The second-order valence-electron chi connectivity index (χ2n) is 8.99. The van der Waals surface area contributed by atoms with Gasteiger partial charge in [0, 0.05) is 11.1 Å². The van der Waals surface area contributed by atoms with Gasteiger partial charge in [0.05, 0.1) is 19.0 Å². The zero-order valence-electron chi connectivity index (χ0n) is 18.3. The van der Waals surface area contributed by atoms with Crippen molar-refractivity contribution >= 4 is 17.6 Å². The summed E-state index contributed by atoms with van der Waals surface area (Å²) in [6, 6.07) is 9.33. The number of hydrogen-bond acceptors (Lipinski definition) is 6. The topological polar surface area (TPSA) is 94.8 Å². The van der Waals surface area contributed by atoms with Crippen LogP contribution in [0.25, 0.3) is 5.69 Å². The Morgan fingerprint density at radius 3 is 2.61 bits per heavy atom. The van der Waals surface area contributed by atoms with Gasteiger partial charge in [-0.3, -0.25) is 4.79 Å². The van der Waals surface area contributed by atoms with Crippen LogP contribution in [0.15, 0.2) is 41.6 Å². The van der Waals surface area contributed by atoms with Crippen molar-refractivity contribution in [3.05, 3.63) is 42.2 Å². The second kappa shape index (κ2) is 7.83. The highest BCUT2D eigenvalue weighted by Gasteiger charge is 2.60. The van der Waals surface area contributed by atoms with Crippen molar-refractivity contribution in [2.45, 2.75) is 40.0 Å². The van der Waals surface area contributed by atoms with Crippen LogP contribution in [0.3, 0.4) is 0 Å². The van der Waals surface area contributed by atoms with Gasteiger partial charge in [0.2, 0.25) is 5.69 Å². The van der Waals surface area contributed by atoms with Crippen molar-refractivity contribution < 1.29 is 19.1 Å². The lowest BCUT2D eigenvalue weighted by Crippen LogP contribution is -2.35. The third-order valence-electron chi connectivity index (χ3n) is 7.28. The average Bonchev–Trinajstić information content (AvgIpc) is 3.36. The number of carbonyl (C=O) groups excluding carboxylic acids is 2. The van der Waals surface area contributed by atoms with Gasteiger partial charge in [-0.05, 0) is 42.7 Å². The summed E-state index contributed by atoms with van der Waals surface area (Å²) in [6.45, 7) is 6.33. The van der Waals surface area contributed by atoms with E-state index < -0.39 is 18.5 Å². The van der Waals surface area contributed by atoms with Crippen LogP contribution < -0.4 is 10.2 Å². The highest BCUT2D eigenvalue weighted by molar-refractivity contribution is 5.95. The molecule has 2 aromatic rings. The molecule has 4 rings (SSSR count). The number of esters is 1. The number of carbonyl (C=O) groups is 2. The first kappa shape index (κ1) is 21.1. The number of benzene rings is 1. The van der Waals surface area contributed by atoms with Crippen LogP contribution in [0.5, 0.6) is 5.75 Å². The van der Waals surface area contributed by atoms with Crippen LogP contribution in [0.2, 0.25) is 0 Å². The van der Waals surface area contributed by atoms with Gasteiger partial charge < -0.3 is 9.47 Å². The highest BCUT2D eigenvalue weighted by atomic mass is 16.5. The zero-order chi connectivity index (χ0) is 22.2. The van der Waals surface area contributed by atoms with Crippen molar-refractivity contribution in [3.63, 3.8) is 0 Å². The fourth-order valence-corrected chi connectivity index (χ4v) is 4.82. The second-order valence-corrected chi connectivity index (χ2v) is 8.99. The molecule has 164 valence electrons. The number of amides is 1. The van der Waals surface area contributed by atoms with E-state index in [1.165, 1.54) is 18.2 Å². The molecule has 2 aliphatic rings. The number of ether oxygens (including phenoxy) is 2. The van der Waals surface area contributed by atoms with E-state index in [1.807, 2.05) is 30.3 Å². The van der Waals surface area contributed by atoms with Gasteiger partial charge in [-0.2, -0.15) is 10.2 Å². The fraction of sp³-hybridized carbons (Fsp3) is 0.478. The van der Waals surface area contributed by atoms with Crippen LogP contribution in [0, 0.1) is 16.7 Å². The molecule has 1 N–H and O–H groups in total. The summed E-state index contributed by atoms with van der Waals surface area (Å²) >= 11 is 0. The Hall–Kier alpha value is -3.16. The molecule has 2 aliphatic carbocycles. The minimum atomic E-state index is -0.734. The summed E-state index contributed by atoms with van der Waals surface area (Å²) in [4.78, 5) is 24.7. The number of nitrogens with one attached hydrogen (secondary N) is 1. The van der Waals surface area contributed by atoms with E-state index >= 15 is 0 Å². The van der Waals surface area contributed by atoms with E-state index in [0.29, 0.717) is 5.92 Å². The fourth-order valence-electron chi connectivity index (χ4n) is 4.82. The normalized spacial score (nSPS) is 24.9. The lowest BCUT2D eigenvalue weighted by molar-refractivity contribution is -0.124. The van der Waals surface area contributed by atoms with Crippen molar-refractivity contribution in [1.29, 1.82) is 0 Å². The van der Waals surface area contributed by atoms with E-state index in [9.17, 15) is 9.59 Å². The zero-order valence-corrected chi connectivity index (χ0v) is 18.3. The number of methoxy groups -OCH3 is 1. The predicted octanol–water partition coefficient (Wildman–Crippen LogP) is 3.36. The van der Waals surface area contributed by atoms with Crippen molar-refractivity contribution in [1.82, 2.24) is 15.2 Å². The first-order chi connectivity index (χ1) is 14.8. The number of fused-ring (bicyclic) bond motifs is 2. The molecule has 2 saturated carbocycles. The molecule has 2 fully saturated rings. The van der Waals surface area contributed by atoms with Crippen molar-refractivity contribution in [3.8, 4) is 11.4 Å². The molecule has 8 nitrogen and oxygen atoms in total. The molecule has 1 aromatic carbocycles. The maximum Gasteiger partial charge on any atom is 0.363 e. The van der Waals surface area contributed by atoms with Crippen LogP contribution in [-0.4, -0.2) is 41.1 Å². The van der Waals surface area contributed by atoms with Crippen molar-refractivity contribution in [2.75, 3.05) is 13.7 Å². The molecule has 2 atom stereocenters. The molecule has 1 amide bonds. The summed E-state index contributed by atoms with van der Waals surface area (Å²) in [5, 5.41) is 8.63. The van der Waals surface area contributed by atoms with Gasteiger partial charge >= 0.3 is 5.97 Å². The van der Waals surface area contributed by atoms with Gasteiger partial charge in [-0.15, -0.1) is 0 Å². The Kier molecular flexibility index (Phi) is 5.33. The highest BCUT2D eigenvalue weighted by Crippen LogP contribution is 2.63. The summed E-state index contributed by atoms with van der Waals surface area (Å²) in [6.07, 6.45) is 4.77. The van der Waals surface area contributed by atoms with E-state index in [-0.39, 0.29) is 22.3 Å². The summed E-state index contributed by atoms with van der Waals surface area (Å²) in [5.74, 6) is -0.348. The SMILES string of the molecule is COc1cn(-c2ccccc2)nc1C(=O)OCC(=O)N/N=C1\CC2CCC1(C)C2(C)C. The predicted molar refractivity (Wildman–Crippen MR) is 115 cm³/mol. The largest absolute Gasteiger partial charge is 0.493 e. The maximum atomic E-state index is 12.5. The first-order valence-corrected chi connectivity index (χ1v) is 10.5.